The fraction of sp³-hybridized carbons (Fsp3) is 0.692. The highest BCUT2D eigenvalue weighted by Crippen LogP contribution is 2.22. The lowest BCUT2D eigenvalue weighted by atomic mass is 10.0. The molecule has 1 saturated heterocycles. The Kier molecular flexibility index (Phi) is 5.57. The van der Waals surface area contributed by atoms with Gasteiger partial charge in [0.25, 0.3) is 10.2 Å². The average Bonchev–Trinajstić information content (AvgIpc) is 2.97. The van der Waals surface area contributed by atoms with Crippen LogP contribution in [0.5, 0.6) is 0 Å². The van der Waals surface area contributed by atoms with Crippen LogP contribution in [0.25, 0.3) is 0 Å². The zero-order chi connectivity index (χ0) is 14.6. The van der Waals surface area contributed by atoms with Crippen molar-refractivity contribution >= 4 is 21.5 Å². The maximum atomic E-state index is 12.7. The molecule has 2 heterocycles. The third kappa shape index (κ3) is 3.59. The molecule has 0 amide bonds. The molecule has 0 spiro atoms. The van der Waals surface area contributed by atoms with Gasteiger partial charge in [0.2, 0.25) is 0 Å². The Hall–Kier alpha value is -0.470. The summed E-state index contributed by atoms with van der Waals surface area (Å²) in [5.74, 6) is 0.291. The molecular weight excluding hydrogens is 294 g/mol. The predicted molar refractivity (Wildman–Crippen MR) is 82.7 cm³/mol. The van der Waals surface area contributed by atoms with Gasteiger partial charge < -0.3 is 5.73 Å². The molecule has 114 valence electrons. The lowest BCUT2D eigenvalue weighted by Gasteiger charge is -2.34. The second-order valence-corrected chi connectivity index (χ2v) is 8.08. The summed E-state index contributed by atoms with van der Waals surface area (Å²) in [6.07, 6.45) is 1.93. The van der Waals surface area contributed by atoms with Crippen molar-refractivity contribution in [3.05, 3.63) is 22.4 Å². The van der Waals surface area contributed by atoms with Crippen LogP contribution in [0, 0.1) is 5.92 Å². The summed E-state index contributed by atoms with van der Waals surface area (Å²) in [4.78, 5) is 1.07. The monoisotopic (exact) mass is 317 g/mol. The standard InChI is InChI=1S/C13H23N3O2S2/c1-2-15(11-13-6-4-8-19-13)20(17,18)16-7-3-5-12(9-14)10-16/h4,6,8,12H,2-3,5,7,9-11,14H2,1H3. The van der Waals surface area contributed by atoms with Gasteiger partial charge >= 0.3 is 0 Å². The third-order valence-corrected chi connectivity index (χ3v) is 6.62. The fourth-order valence-corrected chi connectivity index (χ4v) is 5.04. The van der Waals surface area contributed by atoms with Crippen LogP contribution in [0.1, 0.15) is 24.6 Å². The number of piperidine rings is 1. The van der Waals surface area contributed by atoms with E-state index in [1.807, 2.05) is 24.4 Å². The third-order valence-electron chi connectivity index (χ3n) is 3.73. The Balaban J connectivity index is 2.10. The number of hydrogen-bond donors (Lipinski definition) is 1. The molecule has 1 aromatic heterocycles. The van der Waals surface area contributed by atoms with Crippen molar-refractivity contribution in [3.8, 4) is 0 Å². The Morgan fingerprint density at radius 2 is 2.35 bits per heavy atom. The number of hydrogen-bond acceptors (Lipinski definition) is 4. The highest BCUT2D eigenvalue weighted by Gasteiger charge is 2.32. The van der Waals surface area contributed by atoms with Gasteiger partial charge in [-0.3, -0.25) is 0 Å². The van der Waals surface area contributed by atoms with Gasteiger partial charge in [0.1, 0.15) is 0 Å². The average molecular weight is 317 g/mol. The van der Waals surface area contributed by atoms with Crippen LogP contribution in [-0.4, -0.2) is 43.2 Å². The first-order chi connectivity index (χ1) is 9.57. The molecule has 1 fully saturated rings. The smallest absolute Gasteiger partial charge is 0.282 e. The van der Waals surface area contributed by atoms with Gasteiger partial charge in [0, 0.05) is 31.1 Å². The number of nitrogens with zero attached hydrogens (tertiary/aromatic N) is 2. The Bertz CT molecular complexity index is 502. The van der Waals surface area contributed by atoms with E-state index in [9.17, 15) is 8.42 Å². The number of thiophene rings is 1. The van der Waals surface area contributed by atoms with E-state index in [0.717, 1.165) is 17.7 Å². The van der Waals surface area contributed by atoms with E-state index in [-0.39, 0.29) is 0 Å². The highest BCUT2D eigenvalue weighted by atomic mass is 32.2. The maximum absolute atomic E-state index is 12.7. The molecule has 0 bridgehead atoms. The normalized spacial score (nSPS) is 21.4. The molecule has 7 heteroatoms. The van der Waals surface area contributed by atoms with Crippen molar-refractivity contribution in [1.82, 2.24) is 8.61 Å². The van der Waals surface area contributed by atoms with Crippen molar-refractivity contribution in [2.24, 2.45) is 11.7 Å². The molecule has 1 unspecified atom stereocenters. The Morgan fingerprint density at radius 1 is 1.55 bits per heavy atom. The zero-order valence-corrected chi connectivity index (χ0v) is 13.5. The molecule has 0 aromatic carbocycles. The minimum absolute atomic E-state index is 0.291. The van der Waals surface area contributed by atoms with Crippen LogP contribution in [0.3, 0.4) is 0 Å². The second-order valence-electron chi connectivity index (χ2n) is 5.12. The van der Waals surface area contributed by atoms with Gasteiger partial charge in [-0.25, -0.2) is 0 Å². The van der Waals surface area contributed by atoms with E-state index < -0.39 is 10.2 Å². The molecule has 0 radical (unpaired) electrons. The number of rotatable bonds is 6. The molecule has 1 aliphatic rings. The quantitative estimate of drug-likeness (QED) is 0.864. The molecule has 1 aromatic rings. The maximum Gasteiger partial charge on any atom is 0.282 e. The second kappa shape index (κ2) is 7.00. The van der Waals surface area contributed by atoms with E-state index in [2.05, 4.69) is 0 Å². The largest absolute Gasteiger partial charge is 0.330 e. The zero-order valence-electron chi connectivity index (χ0n) is 11.9. The topological polar surface area (TPSA) is 66.6 Å². The van der Waals surface area contributed by atoms with Gasteiger partial charge in [0.15, 0.2) is 0 Å². The van der Waals surface area contributed by atoms with Crippen LogP contribution in [0.15, 0.2) is 17.5 Å². The molecule has 5 nitrogen and oxygen atoms in total. The van der Waals surface area contributed by atoms with Crippen molar-refractivity contribution < 1.29 is 8.42 Å². The molecular formula is C13H23N3O2S2. The van der Waals surface area contributed by atoms with Gasteiger partial charge in [-0.1, -0.05) is 13.0 Å². The Labute approximate surface area is 125 Å². The van der Waals surface area contributed by atoms with Gasteiger partial charge in [-0.05, 0) is 36.8 Å². The van der Waals surface area contributed by atoms with E-state index in [1.54, 1.807) is 19.9 Å². The SMILES string of the molecule is CCN(Cc1cccs1)S(=O)(=O)N1CCCC(CN)C1. The van der Waals surface area contributed by atoms with Crippen molar-refractivity contribution in [2.45, 2.75) is 26.3 Å². The molecule has 0 aliphatic carbocycles. The Morgan fingerprint density at radius 3 is 2.95 bits per heavy atom. The van der Waals surface area contributed by atoms with Crippen LogP contribution < -0.4 is 5.73 Å². The first-order valence-corrected chi connectivity index (χ1v) is 9.33. The van der Waals surface area contributed by atoms with Gasteiger partial charge in [-0.15, -0.1) is 11.3 Å². The highest BCUT2D eigenvalue weighted by molar-refractivity contribution is 7.86. The van der Waals surface area contributed by atoms with Crippen LogP contribution in [0.4, 0.5) is 0 Å². The van der Waals surface area contributed by atoms with E-state index in [0.29, 0.717) is 38.6 Å². The minimum Gasteiger partial charge on any atom is -0.330 e. The van der Waals surface area contributed by atoms with Crippen molar-refractivity contribution in [1.29, 1.82) is 0 Å². The minimum atomic E-state index is -3.38. The fourth-order valence-electron chi connectivity index (χ4n) is 2.52. The van der Waals surface area contributed by atoms with Gasteiger partial charge in [0.05, 0.1) is 0 Å². The van der Waals surface area contributed by atoms with E-state index in [1.165, 1.54) is 0 Å². The van der Waals surface area contributed by atoms with E-state index in [4.69, 9.17) is 5.73 Å². The molecule has 20 heavy (non-hydrogen) atoms. The van der Waals surface area contributed by atoms with Crippen LogP contribution in [0.2, 0.25) is 0 Å². The van der Waals surface area contributed by atoms with Crippen molar-refractivity contribution in [3.63, 3.8) is 0 Å². The summed E-state index contributed by atoms with van der Waals surface area (Å²) >= 11 is 1.59. The van der Waals surface area contributed by atoms with Crippen LogP contribution >= 0.6 is 11.3 Å². The summed E-state index contributed by atoms with van der Waals surface area (Å²) in [6, 6.07) is 3.92. The van der Waals surface area contributed by atoms with Crippen molar-refractivity contribution in [2.75, 3.05) is 26.2 Å². The lowest BCUT2D eigenvalue weighted by molar-refractivity contribution is 0.250. The molecule has 1 atom stereocenters. The molecule has 0 saturated carbocycles. The summed E-state index contributed by atoms with van der Waals surface area (Å²) in [5.41, 5.74) is 5.69. The number of nitrogens with two attached hydrogens (primary N) is 1. The molecule has 2 N–H and O–H groups in total. The van der Waals surface area contributed by atoms with Crippen LogP contribution in [-0.2, 0) is 16.8 Å². The first-order valence-electron chi connectivity index (χ1n) is 7.05. The lowest BCUT2D eigenvalue weighted by Crippen LogP contribution is -2.48. The summed E-state index contributed by atoms with van der Waals surface area (Å²) in [5, 5.41) is 1.97. The predicted octanol–water partition coefficient (Wildman–Crippen LogP) is 1.49. The molecule has 2 rings (SSSR count). The van der Waals surface area contributed by atoms with Gasteiger partial charge in [-0.2, -0.15) is 17.0 Å². The van der Waals surface area contributed by atoms with E-state index >= 15 is 0 Å². The first kappa shape index (κ1) is 15.9. The summed E-state index contributed by atoms with van der Waals surface area (Å²) in [6.45, 7) is 4.56. The summed E-state index contributed by atoms with van der Waals surface area (Å²) in [7, 11) is -3.38. The molecule has 1 aliphatic heterocycles. The summed E-state index contributed by atoms with van der Waals surface area (Å²) < 4.78 is 28.6.